The lowest BCUT2D eigenvalue weighted by Gasteiger charge is -2.02. The predicted octanol–water partition coefficient (Wildman–Crippen LogP) is 1.31. The molecule has 2 nitrogen and oxygen atoms in total. The van der Waals surface area contributed by atoms with Crippen LogP contribution >= 0.6 is 9.07 Å². The molecule has 0 radical (unpaired) electrons. The summed E-state index contributed by atoms with van der Waals surface area (Å²) in [5.74, 6) is 0.591. The maximum absolute atomic E-state index is 8.91. The van der Waals surface area contributed by atoms with E-state index in [0.717, 1.165) is 15.0 Å². The van der Waals surface area contributed by atoms with Gasteiger partial charge in [-0.1, -0.05) is 9.89 Å². The van der Waals surface area contributed by atoms with Crippen molar-refractivity contribution in [2.75, 3.05) is 0 Å². The largest absolute Gasteiger partial charge is 0.564 e. The van der Waals surface area contributed by atoms with Crippen molar-refractivity contribution in [3.63, 3.8) is 0 Å². The van der Waals surface area contributed by atoms with Crippen LogP contribution in [0.1, 0.15) is 29.9 Å². The number of hydrogen-bond acceptors (Lipinski definition) is 2. The number of rotatable bonds is 2. The van der Waals surface area contributed by atoms with Gasteiger partial charge in [-0.15, -0.1) is 0 Å². The Balaban J connectivity index is 2.41. The molecule has 1 aromatic heterocycles. The third kappa shape index (κ3) is 1.96. The van der Waals surface area contributed by atoms with Crippen LogP contribution in [0, 0.1) is 11.3 Å². The first kappa shape index (κ1) is 9.26. The normalized spacial score (nSPS) is 14.8. The monoisotopic (exact) mass is 202 g/mol. The molecule has 1 heterocycles. The smallest absolute Gasteiger partial charge is 0.333 e. The van der Waals surface area contributed by atoms with Crippen molar-refractivity contribution in [3.05, 3.63) is 23.4 Å². The zero-order chi connectivity index (χ0) is 9.26. The van der Waals surface area contributed by atoms with E-state index in [0.29, 0.717) is 5.92 Å². The van der Waals surface area contributed by atoms with E-state index in [4.69, 9.17) is 14.3 Å². The van der Waals surface area contributed by atoms with Gasteiger partial charge in [0, 0.05) is 6.20 Å². The number of aromatic nitrogens is 1. The third-order valence-electron chi connectivity index (χ3n) is 2.27. The Morgan fingerprint density at radius 3 is 2.92 bits per heavy atom. The lowest BCUT2D eigenvalue weighted by Crippen LogP contribution is -2.14. The van der Waals surface area contributed by atoms with E-state index < -0.39 is 19.3 Å². The number of nitriles is 1. The van der Waals surface area contributed by atoms with E-state index >= 15 is 0 Å². The molecular formula is C9H7ClMgN2. The molecule has 62 valence electrons. The van der Waals surface area contributed by atoms with Crippen LogP contribution in [0.15, 0.2) is 12.3 Å². The van der Waals surface area contributed by atoms with Crippen LogP contribution in [0.4, 0.5) is 0 Å². The quantitative estimate of drug-likeness (QED) is 0.679. The summed E-state index contributed by atoms with van der Waals surface area (Å²) in [7, 11) is 5.77. The zero-order valence-electron chi connectivity index (χ0n) is 7.13. The standard InChI is InChI=1S/C9H7N2.ClH.Mg/c10-5-8-3-4-11-6-9(8)7-1-2-7;;/h3,6-7H,1-2H2;1H;/q;;+1/p-1. The van der Waals surface area contributed by atoms with E-state index in [9.17, 15) is 0 Å². The topological polar surface area (TPSA) is 36.7 Å². The molecule has 0 amide bonds. The van der Waals surface area contributed by atoms with Gasteiger partial charge in [0.15, 0.2) is 0 Å². The van der Waals surface area contributed by atoms with Crippen LogP contribution < -0.4 is 3.82 Å². The highest BCUT2D eigenvalue weighted by atomic mass is 35.5. The minimum absolute atomic E-state index is 0.591. The third-order valence-corrected chi connectivity index (χ3v) is 3.75. The first-order chi connectivity index (χ1) is 6.35. The Labute approximate surface area is 90.4 Å². The van der Waals surface area contributed by atoms with E-state index in [2.05, 4.69) is 11.1 Å². The van der Waals surface area contributed by atoms with Gasteiger partial charge in [-0.25, -0.2) is 0 Å². The van der Waals surface area contributed by atoms with Crippen molar-refractivity contribution in [2.24, 2.45) is 0 Å². The fourth-order valence-electron chi connectivity index (χ4n) is 1.40. The van der Waals surface area contributed by atoms with E-state index in [-0.39, 0.29) is 0 Å². The van der Waals surface area contributed by atoms with Gasteiger partial charge in [-0.05, 0) is 24.3 Å². The van der Waals surface area contributed by atoms with Gasteiger partial charge in [0.1, 0.15) is 0 Å². The molecule has 1 aliphatic carbocycles. The summed E-state index contributed by atoms with van der Waals surface area (Å²) in [6.07, 6.45) is 4.24. The van der Waals surface area contributed by atoms with Gasteiger partial charge >= 0.3 is 19.3 Å². The Morgan fingerprint density at radius 1 is 1.62 bits per heavy atom. The molecule has 1 fully saturated rings. The molecule has 0 aliphatic heterocycles. The highest BCUT2D eigenvalue weighted by Gasteiger charge is 2.26. The summed E-state index contributed by atoms with van der Waals surface area (Å²) in [4.78, 5) is 4.25. The van der Waals surface area contributed by atoms with Gasteiger partial charge < -0.3 is 9.07 Å². The van der Waals surface area contributed by atoms with Crippen LogP contribution in [-0.2, 0) is 0 Å². The fourth-order valence-corrected chi connectivity index (χ4v) is 2.28. The lowest BCUT2D eigenvalue weighted by molar-refractivity contribution is 1.09. The second-order valence-corrected chi connectivity index (χ2v) is 5.08. The van der Waals surface area contributed by atoms with Crippen LogP contribution in [0.2, 0.25) is 0 Å². The Hall–Kier alpha value is -0.304. The fraction of sp³-hybridized carbons (Fsp3) is 0.333. The van der Waals surface area contributed by atoms with Crippen LogP contribution in [0.5, 0.6) is 0 Å². The molecule has 0 aromatic carbocycles. The average Bonchev–Trinajstić information content (AvgIpc) is 3.00. The first-order valence-electron chi connectivity index (χ1n) is 4.30. The van der Waals surface area contributed by atoms with Crippen molar-refractivity contribution in [3.8, 4) is 6.07 Å². The van der Waals surface area contributed by atoms with Gasteiger partial charge in [-0.2, -0.15) is 5.26 Å². The number of nitrogens with zero attached hydrogens (tertiary/aromatic N) is 2. The Morgan fingerprint density at radius 2 is 2.38 bits per heavy atom. The minimum Gasteiger partial charge on any atom is -0.333 e. The maximum Gasteiger partial charge on any atom is 0.564 e. The van der Waals surface area contributed by atoms with Crippen molar-refractivity contribution in [1.29, 1.82) is 5.26 Å². The lowest BCUT2D eigenvalue weighted by atomic mass is 10.1. The molecule has 13 heavy (non-hydrogen) atoms. The van der Waals surface area contributed by atoms with Crippen molar-refractivity contribution >= 4 is 32.2 Å². The van der Waals surface area contributed by atoms with Crippen molar-refractivity contribution in [2.45, 2.75) is 18.8 Å². The number of hydrogen-bond donors (Lipinski definition) is 0. The molecular weight excluding hydrogens is 196 g/mol. The number of halogens is 1. The second-order valence-electron chi connectivity index (χ2n) is 3.28. The van der Waals surface area contributed by atoms with Crippen LogP contribution in [0.25, 0.3) is 0 Å². The van der Waals surface area contributed by atoms with Gasteiger partial charge in [0.2, 0.25) is 0 Å². The molecule has 2 rings (SSSR count). The van der Waals surface area contributed by atoms with Gasteiger partial charge in [0.25, 0.3) is 0 Å². The molecule has 0 N–H and O–H groups in total. The molecule has 1 aromatic rings. The van der Waals surface area contributed by atoms with Crippen LogP contribution in [-0.4, -0.2) is 24.2 Å². The van der Waals surface area contributed by atoms with Gasteiger partial charge in [-0.3, -0.25) is 4.98 Å². The maximum atomic E-state index is 8.91. The highest BCUT2D eigenvalue weighted by Crippen LogP contribution is 2.40. The van der Waals surface area contributed by atoms with E-state index in [1.165, 1.54) is 12.8 Å². The second kappa shape index (κ2) is 3.83. The number of pyridine rings is 1. The molecule has 1 aliphatic rings. The molecule has 4 heteroatoms. The summed E-state index contributed by atoms with van der Waals surface area (Å²) in [6, 6.07) is 4.07. The molecule has 0 spiro atoms. The minimum atomic E-state index is -0.750. The SMILES string of the molecule is N#Cc1c[c]([Mg][Cl])ncc1C1CC1. The summed E-state index contributed by atoms with van der Waals surface area (Å²) in [6.45, 7) is 0. The predicted molar refractivity (Wildman–Crippen MR) is 52.2 cm³/mol. The summed E-state index contributed by atoms with van der Waals surface area (Å²) >= 11 is -0.750. The summed E-state index contributed by atoms with van der Waals surface area (Å²) in [5, 5.41) is 8.91. The van der Waals surface area contributed by atoms with E-state index in [1.807, 2.05) is 12.3 Å². The Bertz CT molecular complexity index is 368. The average molecular weight is 203 g/mol. The zero-order valence-corrected chi connectivity index (χ0v) is 9.30. The van der Waals surface area contributed by atoms with E-state index in [1.54, 1.807) is 0 Å². The molecule has 0 saturated heterocycles. The molecule has 0 atom stereocenters. The molecule has 1 saturated carbocycles. The summed E-state index contributed by atoms with van der Waals surface area (Å²) < 4.78 is 0.919. The van der Waals surface area contributed by atoms with Gasteiger partial charge in [0.05, 0.1) is 11.6 Å². The first-order valence-corrected chi connectivity index (χ1v) is 7.14. The molecule has 0 bridgehead atoms. The van der Waals surface area contributed by atoms with Crippen molar-refractivity contribution < 1.29 is 0 Å². The van der Waals surface area contributed by atoms with Crippen LogP contribution in [0.3, 0.4) is 0 Å². The summed E-state index contributed by atoms with van der Waals surface area (Å²) in [5.41, 5.74) is 1.89. The van der Waals surface area contributed by atoms with Crippen molar-refractivity contribution in [1.82, 2.24) is 4.98 Å². The molecule has 0 unspecified atom stereocenters. The Kier molecular flexibility index (Phi) is 2.73. The highest BCUT2D eigenvalue weighted by molar-refractivity contribution is 7.00.